The largest absolute Gasteiger partial charge is 0.475 e. The van der Waals surface area contributed by atoms with Crippen LogP contribution in [0.5, 0.6) is 0 Å². The maximum Gasteiger partial charge on any atom is 0.286 e. The van der Waals surface area contributed by atoms with Gasteiger partial charge in [0.15, 0.2) is 5.76 Å². The molecule has 3 rings (SSSR count). The number of hydrogen-bond acceptors (Lipinski definition) is 2. The van der Waals surface area contributed by atoms with E-state index in [4.69, 9.17) is 4.74 Å². The lowest BCUT2D eigenvalue weighted by molar-refractivity contribution is -0.117. The monoisotopic (exact) mass is 253 g/mol. The Bertz CT molecular complexity index is 725. The fraction of sp³-hybridized carbons (Fsp3) is 0.188. The van der Waals surface area contributed by atoms with Crippen molar-refractivity contribution >= 4 is 17.2 Å². The number of nitrogens with one attached hydrogen (secondary N) is 1. The quantitative estimate of drug-likeness (QED) is 0.796. The van der Waals surface area contributed by atoms with E-state index in [-0.39, 0.29) is 12.0 Å². The van der Waals surface area contributed by atoms with Gasteiger partial charge in [0.25, 0.3) is 5.91 Å². The highest BCUT2D eigenvalue weighted by atomic mass is 16.5. The Labute approximate surface area is 111 Å². The number of carbonyl (C=O) groups is 1. The summed E-state index contributed by atoms with van der Waals surface area (Å²) in [5.74, 6) is 0.207. The van der Waals surface area contributed by atoms with Crippen molar-refractivity contribution in [2.75, 3.05) is 7.05 Å². The number of allylic oxidation sites excluding steroid dienone is 2. The Kier molecular flexibility index (Phi) is 2.75. The molecule has 0 bridgehead atoms. The number of hydrogen-bond donors (Lipinski definition) is 1. The molecule has 0 radical (unpaired) electrons. The number of benzene rings is 1. The van der Waals surface area contributed by atoms with Crippen molar-refractivity contribution in [3.8, 4) is 0 Å². The molecule has 1 N–H and O–H groups in total. The lowest BCUT2D eigenvalue weighted by Gasteiger charge is -2.27. The van der Waals surface area contributed by atoms with E-state index in [9.17, 15) is 4.79 Å². The molecule has 2 aliphatic rings. The van der Waals surface area contributed by atoms with Crippen molar-refractivity contribution in [3.63, 3.8) is 0 Å². The fourth-order valence-corrected chi connectivity index (χ4v) is 2.57. The van der Waals surface area contributed by atoms with Crippen LogP contribution in [0.3, 0.4) is 0 Å². The molecule has 1 aliphatic carbocycles. The number of likely N-dealkylation sites (N-methyl/N-ethyl adjacent to an activating group) is 1. The number of ether oxygens (including phenoxy) is 1. The zero-order valence-corrected chi connectivity index (χ0v) is 10.9. The Hall–Kier alpha value is -2.29. The standard InChI is InChI=1S/C16H15NO2/c1-10-6-5-9-13-14(10)11-7-3-4-8-12(11)15(19-13)16(18)17-2/h3-9,13H,1-2H3,(H,17,18). The maximum atomic E-state index is 12.0. The zero-order chi connectivity index (χ0) is 13.4. The second-order valence-corrected chi connectivity index (χ2v) is 4.64. The summed E-state index contributed by atoms with van der Waals surface area (Å²) in [6.07, 6.45) is 5.84. The molecule has 3 heteroatoms. The van der Waals surface area contributed by atoms with Gasteiger partial charge in [-0.1, -0.05) is 36.4 Å². The van der Waals surface area contributed by atoms with Gasteiger partial charge in [0.05, 0.1) is 0 Å². The molecule has 1 amide bonds. The molecular weight excluding hydrogens is 238 g/mol. The first-order valence-electron chi connectivity index (χ1n) is 6.30. The van der Waals surface area contributed by atoms with Crippen LogP contribution in [0.2, 0.25) is 0 Å². The van der Waals surface area contributed by atoms with Crippen LogP contribution in [0.4, 0.5) is 0 Å². The summed E-state index contributed by atoms with van der Waals surface area (Å²) >= 11 is 0. The first kappa shape index (κ1) is 11.8. The van der Waals surface area contributed by atoms with Crippen LogP contribution in [0.15, 0.2) is 48.1 Å². The van der Waals surface area contributed by atoms with E-state index in [1.807, 2.05) is 36.4 Å². The molecule has 96 valence electrons. The number of rotatable bonds is 1. The van der Waals surface area contributed by atoms with E-state index in [2.05, 4.69) is 18.3 Å². The molecule has 1 heterocycles. The summed E-state index contributed by atoms with van der Waals surface area (Å²) in [7, 11) is 1.61. The van der Waals surface area contributed by atoms with Gasteiger partial charge in [0.1, 0.15) is 6.10 Å². The average molecular weight is 253 g/mol. The molecule has 0 aromatic heterocycles. The minimum atomic E-state index is -0.188. The number of fused-ring (bicyclic) bond motifs is 2. The van der Waals surface area contributed by atoms with E-state index in [1.165, 1.54) is 5.57 Å². The molecular formula is C16H15NO2. The predicted octanol–water partition coefficient (Wildman–Crippen LogP) is 0.606. The third-order valence-corrected chi connectivity index (χ3v) is 3.48. The van der Waals surface area contributed by atoms with Crippen molar-refractivity contribution in [1.82, 2.24) is 5.32 Å². The van der Waals surface area contributed by atoms with Gasteiger partial charge in [-0.05, 0) is 23.8 Å². The molecule has 1 aliphatic heterocycles. The molecule has 0 spiro atoms. The van der Waals surface area contributed by atoms with Crippen molar-refractivity contribution in [1.29, 1.82) is 0 Å². The van der Waals surface area contributed by atoms with Gasteiger partial charge in [-0.15, -0.1) is 0 Å². The summed E-state index contributed by atoms with van der Waals surface area (Å²) in [5.41, 5.74) is 2.32. The fourth-order valence-electron chi connectivity index (χ4n) is 2.57. The summed E-state index contributed by atoms with van der Waals surface area (Å²) in [6.45, 7) is 2.07. The second kappa shape index (κ2) is 4.43. The first-order chi connectivity index (χ1) is 9.22. The minimum Gasteiger partial charge on any atom is -0.475 e. The molecule has 1 aromatic carbocycles. The summed E-state index contributed by atoms with van der Waals surface area (Å²) in [6, 6.07) is 7.87. The molecule has 0 saturated heterocycles. The first-order valence-corrected chi connectivity index (χ1v) is 6.30. The van der Waals surface area contributed by atoms with Crippen molar-refractivity contribution in [2.45, 2.75) is 13.0 Å². The van der Waals surface area contributed by atoms with Gasteiger partial charge < -0.3 is 10.1 Å². The van der Waals surface area contributed by atoms with Crippen LogP contribution >= 0.6 is 0 Å². The highest BCUT2D eigenvalue weighted by molar-refractivity contribution is 6.11. The van der Waals surface area contributed by atoms with Gasteiger partial charge in [0.2, 0.25) is 0 Å². The van der Waals surface area contributed by atoms with Crippen molar-refractivity contribution in [2.24, 2.45) is 0 Å². The molecule has 1 atom stereocenters. The van der Waals surface area contributed by atoms with Gasteiger partial charge in [0, 0.05) is 17.8 Å². The van der Waals surface area contributed by atoms with Crippen LogP contribution in [0.1, 0.15) is 6.92 Å². The third-order valence-electron chi connectivity index (χ3n) is 3.48. The van der Waals surface area contributed by atoms with E-state index in [0.717, 1.165) is 16.0 Å². The highest BCUT2D eigenvalue weighted by Gasteiger charge is 2.26. The van der Waals surface area contributed by atoms with Crippen LogP contribution in [-0.4, -0.2) is 19.1 Å². The lowest BCUT2D eigenvalue weighted by Crippen LogP contribution is -2.43. The second-order valence-electron chi connectivity index (χ2n) is 4.64. The Morgan fingerprint density at radius 3 is 2.74 bits per heavy atom. The summed E-state index contributed by atoms with van der Waals surface area (Å²) in [4.78, 5) is 12.0. The van der Waals surface area contributed by atoms with Crippen LogP contribution < -0.4 is 15.8 Å². The molecule has 1 unspecified atom stereocenters. The minimum absolute atomic E-state index is 0.174. The van der Waals surface area contributed by atoms with Crippen molar-refractivity contribution < 1.29 is 9.53 Å². The lowest BCUT2D eigenvalue weighted by atomic mass is 9.92. The summed E-state index contributed by atoms with van der Waals surface area (Å²) in [5, 5.41) is 4.57. The zero-order valence-electron chi connectivity index (χ0n) is 10.9. The van der Waals surface area contributed by atoms with Gasteiger partial charge in [-0.2, -0.15) is 0 Å². The topological polar surface area (TPSA) is 38.3 Å². The van der Waals surface area contributed by atoms with Gasteiger partial charge >= 0.3 is 0 Å². The van der Waals surface area contributed by atoms with Crippen LogP contribution in [0, 0.1) is 0 Å². The predicted molar refractivity (Wildman–Crippen MR) is 74.3 cm³/mol. The maximum absolute atomic E-state index is 12.0. The highest BCUT2D eigenvalue weighted by Crippen LogP contribution is 2.25. The molecule has 1 aromatic rings. The van der Waals surface area contributed by atoms with Gasteiger partial charge in [-0.25, -0.2) is 0 Å². The molecule has 3 nitrogen and oxygen atoms in total. The average Bonchev–Trinajstić information content (AvgIpc) is 2.45. The van der Waals surface area contributed by atoms with E-state index >= 15 is 0 Å². The Balaban J connectivity index is 2.41. The SMILES string of the molecule is CNC(=O)C1=c2ccccc2=C2C(C)=CC=CC2O1. The molecule has 0 fully saturated rings. The third kappa shape index (κ3) is 1.78. The van der Waals surface area contributed by atoms with E-state index < -0.39 is 0 Å². The van der Waals surface area contributed by atoms with E-state index in [0.29, 0.717) is 5.76 Å². The van der Waals surface area contributed by atoms with Gasteiger partial charge in [-0.3, -0.25) is 4.79 Å². The van der Waals surface area contributed by atoms with Crippen LogP contribution in [-0.2, 0) is 9.53 Å². The Morgan fingerprint density at radius 1 is 1.26 bits per heavy atom. The Morgan fingerprint density at radius 2 is 2.00 bits per heavy atom. The number of amides is 1. The summed E-state index contributed by atoms with van der Waals surface area (Å²) < 4.78 is 5.88. The smallest absolute Gasteiger partial charge is 0.286 e. The van der Waals surface area contributed by atoms with Crippen molar-refractivity contribution in [3.05, 3.63) is 58.5 Å². The number of carbonyl (C=O) groups excluding carboxylic acids is 1. The normalized spacial score (nSPS) is 20.1. The van der Waals surface area contributed by atoms with Crippen LogP contribution in [0.25, 0.3) is 11.3 Å². The van der Waals surface area contributed by atoms with E-state index in [1.54, 1.807) is 7.05 Å². The molecule has 0 saturated carbocycles. The molecule has 19 heavy (non-hydrogen) atoms.